The molecule has 0 heterocycles. The molecule has 0 aromatic heterocycles. The van der Waals surface area contributed by atoms with Crippen LogP contribution < -0.4 is 5.32 Å². The maximum atomic E-state index is 5.36. The molecule has 0 rings (SSSR count). The Hall–Kier alpha value is -0.450. The number of hydrogen-bond acceptors (Lipinski definition) is 1. The Morgan fingerprint density at radius 1 is 1.56 bits per heavy atom. The van der Waals surface area contributed by atoms with E-state index < -0.39 is 0 Å². The molecule has 0 aromatic rings. The summed E-state index contributed by atoms with van der Waals surface area (Å²) < 4.78 is 0. The first-order chi connectivity index (χ1) is 4.41. The van der Waals surface area contributed by atoms with Crippen LogP contribution in [0, 0.1) is 12.3 Å². The number of allylic oxidation sites excluding steroid dienone is 1. The minimum atomic E-state index is 0.567. The third kappa shape index (κ3) is 7.55. The highest BCUT2D eigenvalue weighted by molar-refractivity contribution is 6.18. The number of hydrogen-bond donors (Lipinski definition) is 1. The molecule has 0 bridgehead atoms. The van der Waals surface area contributed by atoms with Crippen LogP contribution in [0.25, 0.3) is 0 Å². The SMILES string of the molecule is C#CCNC/C=C/CCl. The lowest BCUT2D eigenvalue weighted by molar-refractivity contribution is 0.856. The highest BCUT2D eigenvalue weighted by atomic mass is 35.5. The average Bonchev–Trinajstić information content (AvgIpc) is 1.89. The molecule has 0 aliphatic heterocycles. The monoisotopic (exact) mass is 143 g/mol. The van der Waals surface area contributed by atoms with Crippen molar-refractivity contribution in [3.8, 4) is 12.3 Å². The lowest BCUT2D eigenvalue weighted by Gasteiger charge is -1.90. The van der Waals surface area contributed by atoms with Gasteiger partial charge in [0.2, 0.25) is 0 Å². The van der Waals surface area contributed by atoms with Gasteiger partial charge >= 0.3 is 0 Å². The molecule has 1 N–H and O–H groups in total. The first-order valence-electron chi connectivity index (χ1n) is 2.77. The van der Waals surface area contributed by atoms with Gasteiger partial charge in [-0.3, -0.25) is 0 Å². The van der Waals surface area contributed by atoms with Crippen LogP contribution in [-0.2, 0) is 0 Å². The molecule has 2 heteroatoms. The second-order valence-corrected chi connectivity index (χ2v) is 1.77. The molecule has 0 aliphatic carbocycles. The number of nitrogens with one attached hydrogen (secondary N) is 1. The summed E-state index contributed by atoms with van der Waals surface area (Å²) in [6.45, 7) is 1.42. The van der Waals surface area contributed by atoms with Crippen molar-refractivity contribution in [1.29, 1.82) is 0 Å². The molecule has 0 saturated heterocycles. The molecule has 0 spiro atoms. The van der Waals surface area contributed by atoms with E-state index in [0.717, 1.165) is 6.54 Å². The Balaban J connectivity index is 2.92. The molecule has 0 radical (unpaired) electrons. The largest absolute Gasteiger partial charge is 0.303 e. The van der Waals surface area contributed by atoms with Crippen LogP contribution >= 0.6 is 11.6 Å². The zero-order chi connectivity index (χ0) is 6.95. The maximum Gasteiger partial charge on any atom is 0.0576 e. The molecule has 0 atom stereocenters. The molecule has 1 nitrogen and oxygen atoms in total. The fourth-order valence-corrected chi connectivity index (χ4v) is 0.500. The predicted octanol–water partition coefficient (Wildman–Crippen LogP) is 1.00. The summed E-state index contributed by atoms with van der Waals surface area (Å²) in [5.41, 5.74) is 0. The van der Waals surface area contributed by atoms with E-state index in [4.69, 9.17) is 18.0 Å². The topological polar surface area (TPSA) is 12.0 Å². The summed E-state index contributed by atoms with van der Waals surface area (Å²) in [7, 11) is 0. The molecule has 0 unspecified atom stereocenters. The standard InChI is InChI=1S/C7H10ClN/c1-2-6-9-7-4-3-5-8/h1,3-4,9H,5-7H2/b4-3+. The minimum absolute atomic E-state index is 0.567. The van der Waals surface area contributed by atoms with E-state index in [-0.39, 0.29) is 0 Å². The van der Waals surface area contributed by atoms with Crippen LogP contribution in [0.5, 0.6) is 0 Å². The van der Waals surface area contributed by atoms with Gasteiger partial charge in [-0.15, -0.1) is 18.0 Å². The molecular formula is C7H10ClN. The maximum absolute atomic E-state index is 5.36. The van der Waals surface area contributed by atoms with Gasteiger partial charge in [-0.25, -0.2) is 0 Å². The summed E-state index contributed by atoms with van der Waals surface area (Å²) >= 11 is 5.36. The van der Waals surface area contributed by atoms with Crippen LogP contribution in [0.3, 0.4) is 0 Å². The first-order valence-corrected chi connectivity index (χ1v) is 3.30. The van der Waals surface area contributed by atoms with Gasteiger partial charge in [-0.05, 0) is 0 Å². The number of halogens is 1. The highest BCUT2D eigenvalue weighted by Gasteiger charge is 1.73. The Morgan fingerprint density at radius 2 is 2.33 bits per heavy atom. The van der Waals surface area contributed by atoms with E-state index >= 15 is 0 Å². The number of rotatable bonds is 4. The van der Waals surface area contributed by atoms with Gasteiger partial charge in [-0.2, -0.15) is 0 Å². The average molecular weight is 144 g/mol. The molecule has 0 aromatic carbocycles. The zero-order valence-corrected chi connectivity index (χ0v) is 5.99. The first kappa shape index (κ1) is 8.55. The van der Waals surface area contributed by atoms with Crippen molar-refractivity contribution >= 4 is 11.6 Å². The lowest BCUT2D eigenvalue weighted by atomic mass is 10.5. The van der Waals surface area contributed by atoms with E-state index in [2.05, 4.69) is 11.2 Å². The van der Waals surface area contributed by atoms with Gasteiger partial charge in [0.15, 0.2) is 0 Å². The summed E-state index contributed by atoms with van der Waals surface area (Å²) in [6, 6.07) is 0. The molecule has 9 heavy (non-hydrogen) atoms. The number of terminal acetylenes is 1. The highest BCUT2D eigenvalue weighted by Crippen LogP contribution is 1.75. The van der Waals surface area contributed by atoms with E-state index in [1.165, 1.54) is 0 Å². The van der Waals surface area contributed by atoms with Gasteiger partial charge in [-0.1, -0.05) is 18.1 Å². The third-order valence-electron chi connectivity index (χ3n) is 0.745. The van der Waals surface area contributed by atoms with Crippen molar-refractivity contribution in [2.45, 2.75) is 0 Å². The minimum Gasteiger partial charge on any atom is -0.303 e. The smallest absolute Gasteiger partial charge is 0.0576 e. The van der Waals surface area contributed by atoms with E-state index in [1.54, 1.807) is 0 Å². The van der Waals surface area contributed by atoms with Crippen molar-refractivity contribution in [2.75, 3.05) is 19.0 Å². The van der Waals surface area contributed by atoms with Crippen molar-refractivity contribution in [2.24, 2.45) is 0 Å². The molecule has 0 fully saturated rings. The van der Waals surface area contributed by atoms with Crippen LogP contribution in [0.2, 0.25) is 0 Å². The Morgan fingerprint density at radius 3 is 2.89 bits per heavy atom. The third-order valence-corrected chi connectivity index (χ3v) is 0.923. The Labute approximate surface area is 61.1 Å². The molecular weight excluding hydrogens is 134 g/mol. The van der Waals surface area contributed by atoms with Gasteiger partial charge in [0.05, 0.1) is 6.54 Å². The van der Waals surface area contributed by atoms with Crippen molar-refractivity contribution in [3.63, 3.8) is 0 Å². The van der Waals surface area contributed by atoms with E-state index in [9.17, 15) is 0 Å². The van der Waals surface area contributed by atoms with Crippen LogP contribution in [-0.4, -0.2) is 19.0 Å². The summed E-state index contributed by atoms with van der Waals surface area (Å²) in [5, 5.41) is 2.99. The Bertz CT molecular complexity index is 113. The normalized spacial score (nSPS) is 9.78. The van der Waals surface area contributed by atoms with Crippen LogP contribution in [0.4, 0.5) is 0 Å². The summed E-state index contributed by atoms with van der Waals surface area (Å²) in [4.78, 5) is 0. The van der Waals surface area contributed by atoms with Crippen molar-refractivity contribution in [3.05, 3.63) is 12.2 Å². The molecule has 0 amide bonds. The van der Waals surface area contributed by atoms with Gasteiger partial charge in [0, 0.05) is 12.4 Å². The second-order valence-electron chi connectivity index (χ2n) is 1.46. The quantitative estimate of drug-likeness (QED) is 0.268. The van der Waals surface area contributed by atoms with Crippen LogP contribution in [0.1, 0.15) is 0 Å². The van der Waals surface area contributed by atoms with Gasteiger partial charge < -0.3 is 5.32 Å². The van der Waals surface area contributed by atoms with Crippen LogP contribution in [0.15, 0.2) is 12.2 Å². The predicted molar refractivity (Wildman–Crippen MR) is 41.6 cm³/mol. The molecule has 50 valence electrons. The lowest BCUT2D eigenvalue weighted by Crippen LogP contribution is -2.12. The van der Waals surface area contributed by atoms with Gasteiger partial charge in [0.25, 0.3) is 0 Å². The fraction of sp³-hybridized carbons (Fsp3) is 0.429. The Kier molecular flexibility index (Phi) is 7.17. The molecule has 0 saturated carbocycles. The number of alkyl halides is 1. The van der Waals surface area contributed by atoms with Crippen molar-refractivity contribution < 1.29 is 0 Å². The molecule has 0 aliphatic rings. The summed E-state index contributed by atoms with van der Waals surface area (Å²) in [5.74, 6) is 3.03. The fourth-order valence-electron chi connectivity index (χ4n) is 0.374. The van der Waals surface area contributed by atoms with Gasteiger partial charge in [0.1, 0.15) is 0 Å². The second kappa shape index (κ2) is 7.55. The van der Waals surface area contributed by atoms with Crippen molar-refractivity contribution in [1.82, 2.24) is 5.32 Å². The zero-order valence-electron chi connectivity index (χ0n) is 5.23. The summed E-state index contributed by atoms with van der Waals surface area (Å²) in [6.07, 6.45) is 8.81. The van der Waals surface area contributed by atoms with E-state index in [0.29, 0.717) is 12.4 Å². The van der Waals surface area contributed by atoms with E-state index in [1.807, 2.05) is 12.2 Å².